The number of hydrogen-bond donors (Lipinski definition) is 1. The number of piperidine rings is 1. The van der Waals surface area contributed by atoms with Crippen molar-refractivity contribution in [3.8, 4) is 0 Å². The molecule has 2 fully saturated rings. The molecule has 5 heteroatoms. The highest BCUT2D eigenvalue weighted by molar-refractivity contribution is 5.85. The minimum absolute atomic E-state index is 0. The molecule has 0 spiro atoms. The summed E-state index contributed by atoms with van der Waals surface area (Å²) in [5.74, 6) is 0. The molecule has 1 unspecified atom stereocenters. The van der Waals surface area contributed by atoms with Gasteiger partial charge in [0, 0.05) is 19.1 Å². The van der Waals surface area contributed by atoms with Crippen LogP contribution in [0.3, 0.4) is 0 Å². The van der Waals surface area contributed by atoms with E-state index >= 15 is 0 Å². The molecule has 0 bridgehead atoms. The van der Waals surface area contributed by atoms with Gasteiger partial charge in [-0.05, 0) is 32.4 Å². The second-order valence-electron chi connectivity index (χ2n) is 4.39. The third-order valence-corrected chi connectivity index (χ3v) is 3.31. The van der Waals surface area contributed by atoms with E-state index < -0.39 is 0 Å². The molecule has 0 aromatic heterocycles. The molecule has 3 nitrogen and oxygen atoms in total. The van der Waals surface area contributed by atoms with Crippen LogP contribution >= 0.6 is 24.8 Å². The van der Waals surface area contributed by atoms with Gasteiger partial charge < -0.3 is 10.1 Å². The lowest BCUT2D eigenvalue weighted by atomic mass is 10.0. The topological polar surface area (TPSA) is 24.5 Å². The Labute approximate surface area is 111 Å². The second-order valence-corrected chi connectivity index (χ2v) is 4.39. The van der Waals surface area contributed by atoms with Crippen LogP contribution in [0.1, 0.15) is 25.7 Å². The first-order chi connectivity index (χ1) is 6.95. The van der Waals surface area contributed by atoms with E-state index in [4.69, 9.17) is 4.74 Å². The van der Waals surface area contributed by atoms with E-state index in [1.165, 1.54) is 38.8 Å². The summed E-state index contributed by atoms with van der Waals surface area (Å²) in [5.41, 5.74) is 0. The highest BCUT2D eigenvalue weighted by Gasteiger charge is 2.15. The Bertz CT molecular complexity index is 142. The monoisotopic (exact) mass is 270 g/mol. The zero-order valence-corrected chi connectivity index (χ0v) is 11.5. The SMILES string of the molecule is C1CCC(CCN2CCOCC2)NC1.Cl.Cl. The average molecular weight is 271 g/mol. The van der Waals surface area contributed by atoms with E-state index in [1.54, 1.807) is 0 Å². The molecule has 2 aliphatic heterocycles. The van der Waals surface area contributed by atoms with E-state index in [0.717, 1.165) is 32.3 Å². The van der Waals surface area contributed by atoms with Crippen LogP contribution in [0.15, 0.2) is 0 Å². The molecule has 0 aromatic rings. The van der Waals surface area contributed by atoms with Gasteiger partial charge >= 0.3 is 0 Å². The maximum Gasteiger partial charge on any atom is 0.0594 e. The first kappa shape index (κ1) is 16.5. The largest absolute Gasteiger partial charge is 0.379 e. The number of nitrogens with one attached hydrogen (secondary N) is 1. The second kappa shape index (κ2) is 9.49. The Balaban J connectivity index is 0.00000112. The highest BCUT2D eigenvalue weighted by atomic mass is 35.5. The number of halogens is 2. The van der Waals surface area contributed by atoms with Crippen molar-refractivity contribution in [1.82, 2.24) is 10.2 Å². The molecule has 0 saturated carbocycles. The summed E-state index contributed by atoms with van der Waals surface area (Å²) in [4.78, 5) is 2.53. The van der Waals surface area contributed by atoms with Crippen LogP contribution in [0, 0.1) is 0 Å². The Hall–Kier alpha value is 0.460. The fourth-order valence-corrected chi connectivity index (χ4v) is 2.33. The highest BCUT2D eigenvalue weighted by Crippen LogP contribution is 2.11. The normalized spacial score (nSPS) is 26.6. The Morgan fingerprint density at radius 2 is 1.88 bits per heavy atom. The smallest absolute Gasteiger partial charge is 0.0594 e. The van der Waals surface area contributed by atoms with Gasteiger partial charge in [-0.1, -0.05) is 6.42 Å². The molecule has 2 rings (SSSR count). The molecule has 2 saturated heterocycles. The van der Waals surface area contributed by atoms with Gasteiger partial charge in [-0.3, -0.25) is 4.90 Å². The summed E-state index contributed by atoms with van der Waals surface area (Å²) in [5, 5.41) is 3.60. The van der Waals surface area contributed by atoms with E-state index in [1.807, 2.05) is 0 Å². The van der Waals surface area contributed by atoms with Crippen LogP contribution in [0.25, 0.3) is 0 Å². The maximum absolute atomic E-state index is 5.33. The van der Waals surface area contributed by atoms with Crippen molar-refractivity contribution in [2.75, 3.05) is 39.4 Å². The summed E-state index contributed by atoms with van der Waals surface area (Å²) in [6.45, 7) is 6.60. The lowest BCUT2D eigenvalue weighted by molar-refractivity contribution is 0.0358. The van der Waals surface area contributed by atoms with Crippen LogP contribution in [-0.2, 0) is 4.74 Å². The summed E-state index contributed by atoms with van der Waals surface area (Å²) in [6.07, 6.45) is 5.49. The molecule has 0 amide bonds. The van der Waals surface area contributed by atoms with E-state index in [-0.39, 0.29) is 24.8 Å². The van der Waals surface area contributed by atoms with Gasteiger partial charge in [-0.15, -0.1) is 24.8 Å². The molecule has 0 radical (unpaired) electrons. The maximum atomic E-state index is 5.33. The number of ether oxygens (including phenoxy) is 1. The Kier molecular flexibility index (Phi) is 9.76. The van der Waals surface area contributed by atoms with E-state index in [2.05, 4.69) is 10.2 Å². The quantitative estimate of drug-likeness (QED) is 0.845. The molecular weight excluding hydrogens is 247 g/mol. The van der Waals surface area contributed by atoms with Crippen molar-refractivity contribution in [2.45, 2.75) is 31.7 Å². The molecule has 0 aliphatic carbocycles. The van der Waals surface area contributed by atoms with E-state index in [9.17, 15) is 0 Å². The molecule has 0 aromatic carbocycles. The predicted octanol–water partition coefficient (Wildman–Crippen LogP) is 1.69. The van der Waals surface area contributed by atoms with Crippen LogP contribution in [0.2, 0.25) is 0 Å². The molecule has 98 valence electrons. The minimum atomic E-state index is 0. The van der Waals surface area contributed by atoms with Crippen LogP contribution in [0.4, 0.5) is 0 Å². The molecule has 1 atom stereocenters. The standard InChI is InChI=1S/C11H22N2O.2ClH/c1-2-5-12-11(3-1)4-6-13-7-9-14-10-8-13;;/h11-12H,1-10H2;2*1H. The zero-order chi connectivity index (χ0) is 9.64. The summed E-state index contributed by atoms with van der Waals surface area (Å²) >= 11 is 0. The number of morpholine rings is 1. The fraction of sp³-hybridized carbons (Fsp3) is 1.00. The lowest BCUT2D eigenvalue weighted by Gasteiger charge is -2.30. The van der Waals surface area contributed by atoms with Gasteiger partial charge in [0.25, 0.3) is 0 Å². The van der Waals surface area contributed by atoms with Crippen LogP contribution in [0.5, 0.6) is 0 Å². The van der Waals surface area contributed by atoms with Crippen molar-refractivity contribution in [3.63, 3.8) is 0 Å². The number of nitrogens with zero attached hydrogens (tertiary/aromatic N) is 1. The van der Waals surface area contributed by atoms with Crippen molar-refractivity contribution in [1.29, 1.82) is 0 Å². The summed E-state index contributed by atoms with van der Waals surface area (Å²) in [6, 6.07) is 0.784. The van der Waals surface area contributed by atoms with Crippen molar-refractivity contribution in [2.24, 2.45) is 0 Å². The van der Waals surface area contributed by atoms with Gasteiger partial charge in [0.15, 0.2) is 0 Å². The average Bonchev–Trinajstić information content (AvgIpc) is 2.29. The molecule has 2 aliphatic rings. The van der Waals surface area contributed by atoms with Crippen LogP contribution < -0.4 is 5.32 Å². The van der Waals surface area contributed by atoms with Crippen molar-refractivity contribution in [3.05, 3.63) is 0 Å². The fourth-order valence-electron chi connectivity index (χ4n) is 2.33. The molecule has 16 heavy (non-hydrogen) atoms. The van der Waals surface area contributed by atoms with Gasteiger partial charge in [-0.2, -0.15) is 0 Å². The first-order valence-electron chi connectivity index (χ1n) is 5.98. The summed E-state index contributed by atoms with van der Waals surface area (Å²) in [7, 11) is 0. The molecule has 1 N–H and O–H groups in total. The predicted molar refractivity (Wildman–Crippen MR) is 72.0 cm³/mol. The summed E-state index contributed by atoms with van der Waals surface area (Å²) < 4.78 is 5.33. The van der Waals surface area contributed by atoms with Gasteiger partial charge in [0.05, 0.1) is 13.2 Å². The minimum Gasteiger partial charge on any atom is -0.379 e. The molecular formula is C11H24Cl2N2O. The van der Waals surface area contributed by atoms with E-state index in [0.29, 0.717) is 0 Å². The van der Waals surface area contributed by atoms with Crippen LogP contribution in [-0.4, -0.2) is 50.3 Å². The Morgan fingerprint density at radius 1 is 1.12 bits per heavy atom. The van der Waals surface area contributed by atoms with Crippen molar-refractivity contribution < 1.29 is 4.74 Å². The van der Waals surface area contributed by atoms with Crippen molar-refractivity contribution >= 4 is 24.8 Å². The number of rotatable bonds is 3. The van der Waals surface area contributed by atoms with Gasteiger partial charge in [0.1, 0.15) is 0 Å². The van der Waals surface area contributed by atoms with Gasteiger partial charge in [0.2, 0.25) is 0 Å². The first-order valence-corrected chi connectivity index (χ1v) is 5.98. The zero-order valence-electron chi connectivity index (χ0n) is 9.82. The number of hydrogen-bond acceptors (Lipinski definition) is 3. The lowest BCUT2D eigenvalue weighted by Crippen LogP contribution is -2.41. The molecule has 2 heterocycles. The Morgan fingerprint density at radius 3 is 2.50 bits per heavy atom. The van der Waals surface area contributed by atoms with Gasteiger partial charge in [-0.25, -0.2) is 0 Å². The third kappa shape index (κ3) is 5.69. The third-order valence-electron chi connectivity index (χ3n) is 3.31.